The fourth-order valence-corrected chi connectivity index (χ4v) is 4.27. The second kappa shape index (κ2) is 10.2. The number of thiophene rings is 1. The lowest BCUT2D eigenvalue weighted by atomic mass is 10.1. The number of aromatic nitrogens is 2. The van der Waals surface area contributed by atoms with Gasteiger partial charge in [0, 0.05) is 30.4 Å². The van der Waals surface area contributed by atoms with Crippen LogP contribution in [0, 0.1) is 5.82 Å². The predicted molar refractivity (Wildman–Crippen MR) is 131 cm³/mol. The summed E-state index contributed by atoms with van der Waals surface area (Å²) in [5, 5.41) is 27.3. The first-order valence-corrected chi connectivity index (χ1v) is 11.1. The third kappa shape index (κ3) is 5.00. The lowest BCUT2D eigenvalue weighted by Crippen LogP contribution is -2.21. The summed E-state index contributed by atoms with van der Waals surface area (Å²) in [6.07, 6.45) is 3.16. The molecule has 0 saturated carbocycles. The molecule has 2 amide bonds. The number of nitrogens with zero attached hydrogens (tertiary/aromatic N) is 2. The Kier molecular flexibility index (Phi) is 6.92. The molecule has 0 aliphatic carbocycles. The number of methoxy groups -OCH3 is 1. The number of carboxylic acid groups (broad SMARTS) is 2. The Morgan fingerprint density at radius 3 is 2.50 bits per heavy atom. The minimum Gasteiger partial charge on any atom is -0.494 e. The van der Waals surface area contributed by atoms with E-state index in [2.05, 4.69) is 25.9 Å². The van der Waals surface area contributed by atoms with Crippen molar-refractivity contribution in [1.82, 2.24) is 9.97 Å². The lowest BCUT2D eigenvalue weighted by molar-refractivity contribution is 0.0657. The number of fused-ring (bicyclic) bond motifs is 1. The van der Waals surface area contributed by atoms with Crippen molar-refractivity contribution in [2.45, 2.75) is 6.54 Å². The van der Waals surface area contributed by atoms with Gasteiger partial charge in [-0.05, 0) is 17.7 Å². The summed E-state index contributed by atoms with van der Waals surface area (Å²) in [5.41, 5.74) is 1.57. The molecule has 0 saturated heterocycles. The van der Waals surface area contributed by atoms with Gasteiger partial charge in [0.05, 0.1) is 35.2 Å². The smallest absolute Gasteiger partial charge is 0.346 e. The van der Waals surface area contributed by atoms with Crippen molar-refractivity contribution in [2.24, 2.45) is 0 Å². The van der Waals surface area contributed by atoms with Crippen LogP contribution in [0.5, 0.6) is 5.75 Å². The van der Waals surface area contributed by atoms with Gasteiger partial charge in [-0.25, -0.2) is 18.8 Å². The van der Waals surface area contributed by atoms with Gasteiger partial charge in [-0.1, -0.05) is 12.1 Å². The predicted octanol–water partition coefficient (Wildman–Crippen LogP) is 4.49. The van der Waals surface area contributed by atoms with Crippen LogP contribution < -0.4 is 20.7 Å². The van der Waals surface area contributed by atoms with Crippen LogP contribution in [-0.2, 0) is 6.54 Å². The van der Waals surface area contributed by atoms with Gasteiger partial charge in [0.15, 0.2) is 5.82 Å². The number of carbonyl (C=O) groups is 3. The largest absolute Gasteiger partial charge is 0.494 e. The highest BCUT2D eigenvalue weighted by Crippen LogP contribution is 2.32. The number of nitrogens with one attached hydrogen (secondary N) is 3. The molecule has 2 aromatic heterocycles. The van der Waals surface area contributed by atoms with E-state index in [1.807, 2.05) is 18.2 Å². The van der Waals surface area contributed by atoms with E-state index in [9.17, 15) is 23.9 Å². The van der Waals surface area contributed by atoms with Crippen LogP contribution in [0.1, 0.15) is 25.6 Å². The third-order valence-electron chi connectivity index (χ3n) is 5.04. The molecule has 0 radical (unpaired) electrons. The number of ether oxygens (including phenoxy) is 1. The molecule has 5 N–H and O–H groups in total. The average Bonchev–Trinajstić information content (AvgIpc) is 3.28. The van der Waals surface area contributed by atoms with Crippen molar-refractivity contribution in [3.05, 3.63) is 69.9 Å². The molecule has 0 aliphatic rings. The number of rotatable bonds is 8. The zero-order valence-corrected chi connectivity index (χ0v) is 19.4. The first-order valence-electron chi connectivity index (χ1n) is 10.2. The number of hydrogen-bond donors (Lipinski definition) is 5. The number of halogens is 1. The molecule has 2 heterocycles. The molecule has 184 valence electrons. The molecule has 13 heteroatoms. The monoisotopic (exact) mass is 511 g/mol. The number of benzene rings is 2. The van der Waals surface area contributed by atoms with Crippen molar-refractivity contribution < 1.29 is 33.7 Å². The Labute approximate surface area is 206 Å². The number of urea groups is 1. The average molecular weight is 511 g/mol. The normalized spacial score (nSPS) is 10.6. The Balaban J connectivity index is 1.55. The highest BCUT2D eigenvalue weighted by molar-refractivity contribution is 7.13. The molecule has 0 atom stereocenters. The SMILES string of the molecule is COc1cc(F)c(NC(=O)Nc2csc(C(=O)O)c2C(=O)O)cc1NCc1cccc2nccnc12. The maximum atomic E-state index is 14.7. The summed E-state index contributed by atoms with van der Waals surface area (Å²) in [7, 11) is 1.37. The van der Waals surface area contributed by atoms with E-state index in [0.717, 1.165) is 11.6 Å². The van der Waals surface area contributed by atoms with E-state index in [4.69, 9.17) is 9.84 Å². The molecule has 0 bridgehead atoms. The molecule has 11 nitrogen and oxygen atoms in total. The zero-order chi connectivity index (χ0) is 25.8. The Morgan fingerprint density at radius 1 is 1.03 bits per heavy atom. The van der Waals surface area contributed by atoms with Crippen molar-refractivity contribution in [3.8, 4) is 5.75 Å². The highest BCUT2D eigenvalue weighted by Gasteiger charge is 2.24. The van der Waals surface area contributed by atoms with Crippen molar-refractivity contribution >= 4 is 57.4 Å². The van der Waals surface area contributed by atoms with Gasteiger partial charge < -0.3 is 30.9 Å². The van der Waals surface area contributed by atoms with Crippen molar-refractivity contribution in [1.29, 1.82) is 0 Å². The summed E-state index contributed by atoms with van der Waals surface area (Å²) in [5.74, 6) is -3.59. The molecular weight excluding hydrogens is 493 g/mol. The number of carboxylic acids is 2. The van der Waals surface area contributed by atoms with Gasteiger partial charge >= 0.3 is 18.0 Å². The fourth-order valence-electron chi connectivity index (χ4n) is 3.44. The van der Waals surface area contributed by atoms with Crippen LogP contribution in [-0.4, -0.2) is 45.3 Å². The van der Waals surface area contributed by atoms with E-state index in [0.29, 0.717) is 34.6 Å². The van der Waals surface area contributed by atoms with Crippen LogP contribution in [0.25, 0.3) is 11.0 Å². The number of carbonyl (C=O) groups excluding carboxylic acids is 1. The van der Waals surface area contributed by atoms with Crippen LogP contribution >= 0.6 is 11.3 Å². The van der Waals surface area contributed by atoms with Gasteiger partial charge in [-0.15, -0.1) is 11.3 Å². The Bertz CT molecular complexity index is 1490. The van der Waals surface area contributed by atoms with E-state index in [1.54, 1.807) is 12.4 Å². The van der Waals surface area contributed by atoms with Crippen LogP contribution in [0.15, 0.2) is 48.1 Å². The summed E-state index contributed by atoms with van der Waals surface area (Å²) in [4.78, 5) is 43.4. The van der Waals surface area contributed by atoms with Crippen LogP contribution in [0.3, 0.4) is 0 Å². The van der Waals surface area contributed by atoms with Crippen molar-refractivity contribution in [3.63, 3.8) is 0 Å². The second-order valence-corrected chi connectivity index (χ2v) is 8.15. The summed E-state index contributed by atoms with van der Waals surface area (Å²) >= 11 is 0.644. The molecule has 0 unspecified atom stereocenters. The third-order valence-corrected chi connectivity index (χ3v) is 6.00. The topological polar surface area (TPSA) is 163 Å². The summed E-state index contributed by atoms with van der Waals surface area (Å²) < 4.78 is 19.9. The number of hydrogen-bond acceptors (Lipinski definition) is 8. The molecular formula is C23H18FN5O6S. The van der Waals surface area contributed by atoms with Crippen LogP contribution in [0.4, 0.5) is 26.2 Å². The lowest BCUT2D eigenvalue weighted by Gasteiger charge is -2.15. The summed E-state index contributed by atoms with van der Waals surface area (Å²) in [6, 6.07) is 6.95. The highest BCUT2D eigenvalue weighted by atomic mass is 32.1. The van der Waals surface area contributed by atoms with Gasteiger partial charge in [-0.2, -0.15) is 0 Å². The maximum absolute atomic E-state index is 14.7. The standard InChI is InChI=1S/C23H18FN5O6S/c1-35-17-7-12(24)14(28-23(34)29-16-10-36-20(22(32)33)18(16)21(30)31)8-15(17)27-9-11-3-2-4-13-19(11)26-6-5-25-13/h2-8,10,27H,9H2,1H3,(H,30,31)(H,32,33)(H2,28,29,34). The molecule has 0 spiro atoms. The number of aromatic carboxylic acids is 2. The first kappa shape index (κ1) is 24.3. The quantitative estimate of drug-likeness (QED) is 0.229. The van der Waals surface area contributed by atoms with E-state index < -0.39 is 34.2 Å². The molecule has 2 aromatic carbocycles. The first-order chi connectivity index (χ1) is 17.3. The van der Waals surface area contributed by atoms with E-state index in [-0.39, 0.29) is 17.1 Å². The van der Waals surface area contributed by atoms with Crippen molar-refractivity contribution in [2.75, 3.05) is 23.1 Å². The van der Waals surface area contributed by atoms with Gasteiger partial charge in [0.1, 0.15) is 16.2 Å². The minimum atomic E-state index is -1.52. The number of anilines is 3. The second-order valence-electron chi connectivity index (χ2n) is 7.27. The van der Waals surface area contributed by atoms with Gasteiger partial charge in [0.2, 0.25) is 0 Å². The zero-order valence-electron chi connectivity index (χ0n) is 18.5. The Morgan fingerprint density at radius 2 is 1.78 bits per heavy atom. The Hall–Kier alpha value is -4.78. The summed E-state index contributed by atoms with van der Waals surface area (Å²) in [6.45, 7) is 0.290. The van der Waals surface area contributed by atoms with E-state index >= 15 is 0 Å². The maximum Gasteiger partial charge on any atom is 0.346 e. The number of amides is 2. The van der Waals surface area contributed by atoms with E-state index in [1.165, 1.54) is 18.6 Å². The molecule has 4 aromatic rings. The molecule has 4 rings (SSSR count). The fraction of sp³-hybridized carbons (Fsp3) is 0.0870. The van der Waals surface area contributed by atoms with Gasteiger partial charge in [0.25, 0.3) is 0 Å². The molecule has 0 aliphatic heterocycles. The minimum absolute atomic E-state index is 0.182. The molecule has 0 fully saturated rings. The van der Waals surface area contributed by atoms with Gasteiger partial charge in [-0.3, -0.25) is 9.97 Å². The van der Waals surface area contributed by atoms with Crippen LogP contribution in [0.2, 0.25) is 0 Å². The number of para-hydroxylation sites is 1. The molecule has 36 heavy (non-hydrogen) atoms.